The van der Waals surface area contributed by atoms with Gasteiger partial charge in [-0.05, 0) is 36.1 Å². The lowest BCUT2D eigenvalue weighted by Gasteiger charge is -2.11. The molecule has 0 spiro atoms. The van der Waals surface area contributed by atoms with Crippen LogP contribution >= 0.6 is 23.2 Å². The average Bonchev–Trinajstić information content (AvgIpc) is 2.57. The SMILES string of the molecule is Cc1cc([N+](=O)[O-])c(Cl)cc1NC(=O)c1cccc2c(Cl)cccc12. The summed E-state index contributed by atoms with van der Waals surface area (Å²) in [6.07, 6.45) is 0. The van der Waals surface area contributed by atoms with Crippen LogP contribution in [-0.2, 0) is 0 Å². The Hall–Kier alpha value is -2.63. The molecule has 0 aliphatic carbocycles. The topological polar surface area (TPSA) is 72.2 Å². The summed E-state index contributed by atoms with van der Waals surface area (Å²) in [5.41, 5.74) is 1.21. The van der Waals surface area contributed by atoms with Gasteiger partial charge < -0.3 is 5.32 Å². The molecule has 1 amide bonds. The fraction of sp³-hybridized carbons (Fsp3) is 0.0556. The van der Waals surface area contributed by atoms with Crippen LogP contribution in [0.1, 0.15) is 15.9 Å². The summed E-state index contributed by atoms with van der Waals surface area (Å²) in [6, 6.07) is 13.3. The quantitative estimate of drug-likeness (QED) is 0.477. The number of hydrogen-bond donors (Lipinski definition) is 1. The molecule has 0 fully saturated rings. The molecule has 0 saturated carbocycles. The highest BCUT2D eigenvalue weighted by molar-refractivity contribution is 6.36. The number of nitrogens with zero attached hydrogens (tertiary/aromatic N) is 1. The van der Waals surface area contributed by atoms with Crippen LogP contribution in [0, 0.1) is 17.0 Å². The summed E-state index contributed by atoms with van der Waals surface area (Å²) >= 11 is 12.1. The minimum atomic E-state index is -0.562. The Morgan fingerprint density at radius 3 is 2.44 bits per heavy atom. The number of rotatable bonds is 3. The maximum Gasteiger partial charge on any atom is 0.288 e. The number of anilines is 1. The van der Waals surface area contributed by atoms with Crippen LogP contribution in [0.15, 0.2) is 48.5 Å². The average molecular weight is 375 g/mol. The Balaban J connectivity index is 2.00. The molecule has 25 heavy (non-hydrogen) atoms. The third-order valence-corrected chi connectivity index (χ3v) is 4.48. The maximum atomic E-state index is 12.7. The van der Waals surface area contributed by atoms with Gasteiger partial charge in [0.2, 0.25) is 0 Å². The molecule has 0 aromatic heterocycles. The molecule has 0 atom stereocenters. The number of nitrogens with one attached hydrogen (secondary N) is 1. The van der Waals surface area contributed by atoms with Gasteiger partial charge in [0.25, 0.3) is 11.6 Å². The molecule has 0 radical (unpaired) electrons. The van der Waals surface area contributed by atoms with Crippen molar-refractivity contribution in [2.45, 2.75) is 6.92 Å². The summed E-state index contributed by atoms with van der Waals surface area (Å²) in [5, 5.41) is 15.7. The molecule has 3 rings (SSSR count). The Labute approximate surface area is 153 Å². The van der Waals surface area contributed by atoms with Crippen molar-refractivity contribution in [2.24, 2.45) is 0 Å². The first-order valence-corrected chi connectivity index (χ1v) is 8.07. The Bertz CT molecular complexity index is 1020. The van der Waals surface area contributed by atoms with Gasteiger partial charge in [-0.1, -0.05) is 47.5 Å². The second kappa shape index (κ2) is 6.70. The van der Waals surface area contributed by atoms with E-state index in [4.69, 9.17) is 23.2 Å². The highest BCUT2D eigenvalue weighted by atomic mass is 35.5. The summed E-state index contributed by atoms with van der Waals surface area (Å²) in [6.45, 7) is 1.67. The molecule has 3 aromatic carbocycles. The molecule has 1 N–H and O–H groups in total. The molecular formula is C18H12Cl2N2O3. The lowest BCUT2D eigenvalue weighted by Crippen LogP contribution is -2.13. The Kier molecular flexibility index (Phi) is 4.61. The van der Waals surface area contributed by atoms with E-state index in [1.54, 1.807) is 31.2 Å². The molecule has 0 aliphatic rings. The number of carbonyl (C=O) groups excluding carboxylic acids is 1. The van der Waals surface area contributed by atoms with E-state index in [-0.39, 0.29) is 16.6 Å². The van der Waals surface area contributed by atoms with Gasteiger partial charge in [0.1, 0.15) is 5.02 Å². The zero-order valence-electron chi connectivity index (χ0n) is 13.0. The van der Waals surface area contributed by atoms with Crippen molar-refractivity contribution < 1.29 is 9.72 Å². The number of carbonyl (C=O) groups is 1. The molecule has 5 nitrogen and oxygen atoms in total. The van der Waals surface area contributed by atoms with Crippen molar-refractivity contribution in [1.82, 2.24) is 0 Å². The van der Waals surface area contributed by atoms with Crippen molar-refractivity contribution in [1.29, 1.82) is 0 Å². The minimum Gasteiger partial charge on any atom is -0.322 e. The molecule has 0 bridgehead atoms. The van der Waals surface area contributed by atoms with Crippen LogP contribution in [0.3, 0.4) is 0 Å². The number of halogens is 2. The second-order valence-electron chi connectivity index (χ2n) is 5.47. The van der Waals surface area contributed by atoms with E-state index in [1.165, 1.54) is 12.1 Å². The molecular weight excluding hydrogens is 363 g/mol. The first-order valence-electron chi connectivity index (χ1n) is 7.31. The molecule has 126 valence electrons. The predicted octanol–water partition coefficient (Wildman–Crippen LogP) is 5.62. The standard InChI is InChI=1S/C18H12Cl2N2O3/c1-10-8-17(22(24)25)15(20)9-16(10)21-18(23)13-6-2-5-12-11(13)4-3-7-14(12)19/h2-9H,1H3,(H,21,23). The molecule has 0 saturated heterocycles. The number of amides is 1. The van der Waals surface area contributed by atoms with Gasteiger partial charge in [-0.3, -0.25) is 14.9 Å². The number of nitro benzene ring substituents is 1. The van der Waals surface area contributed by atoms with Gasteiger partial charge in [0.15, 0.2) is 0 Å². The van der Waals surface area contributed by atoms with E-state index < -0.39 is 4.92 Å². The van der Waals surface area contributed by atoms with E-state index >= 15 is 0 Å². The third kappa shape index (κ3) is 3.29. The van der Waals surface area contributed by atoms with Crippen LogP contribution in [0.25, 0.3) is 10.8 Å². The summed E-state index contributed by atoms with van der Waals surface area (Å²) in [4.78, 5) is 23.1. The number of nitro groups is 1. The van der Waals surface area contributed by atoms with Crippen molar-refractivity contribution in [3.8, 4) is 0 Å². The monoisotopic (exact) mass is 374 g/mol. The van der Waals surface area contributed by atoms with E-state index in [0.717, 1.165) is 10.8 Å². The lowest BCUT2D eigenvalue weighted by atomic mass is 10.0. The van der Waals surface area contributed by atoms with E-state index in [9.17, 15) is 14.9 Å². The minimum absolute atomic E-state index is 0.0353. The summed E-state index contributed by atoms with van der Waals surface area (Å²) in [7, 11) is 0. The molecule has 0 aliphatic heterocycles. The second-order valence-corrected chi connectivity index (χ2v) is 6.28. The van der Waals surface area contributed by atoms with Crippen molar-refractivity contribution in [3.63, 3.8) is 0 Å². The van der Waals surface area contributed by atoms with Gasteiger partial charge >= 0.3 is 0 Å². The van der Waals surface area contributed by atoms with Crippen molar-refractivity contribution >= 4 is 51.3 Å². The predicted molar refractivity (Wildman–Crippen MR) is 99.8 cm³/mol. The normalized spacial score (nSPS) is 10.7. The maximum absolute atomic E-state index is 12.7. The van der Waals surface area contributed by atoms with Crippen LogP contribution < -0.4 is 5.32 Å². The number of aryl methyl sites for hydroxylation is 1. The smallest absolute Gasteiger partial charge is 0.288 e. The molecule has 3 aromatic rings. The van der Waals surface area contributed by atoms with Crippen LogP contribution in [0.4, 0.5) is 11.4 Å². The summed E-state index contributed by atoms with van der Waals surface area (Å²) < 4.78 is 0. The van der Waals surface area contributed by atoms with Crippen molar-refractivity contribution in [2.75, 3.05) is 5.32 Å². The van der Waals surface area contributed by atoms with Gasteiger partial charge in [-0.15, -0.1) is 0 Å². The fourth-order valence-corrected chi connectivity index (χ4v) is 3.07. The number of benzene rings is 3. The van der Waals surface area contributed by atoms with Gasteiger partial charge in [0.05, 0.1) is 4.92 Å². The van der Waals surface area contributed by atoms with E-state index in [2.05, 4.69) is 5.32 Å². The van der Waals surface area contributed by atoms with Crippen molar-refractivity contribution in [3.05, 3.63) is 79.8 Å². The number of hydrogen-bond acceptors (Lipinski definition) is 3. The van der Waals surface area contributed by atoms with E-state index in [1.807, 2.05) is 12.1 Å². The Morgan fingerprint density at radius 2 is 1.72 bits per heavy atom. The first kappa shape index (κ1) is 17.2. The highest BCUT2D eigenvalue weighted by Gasteiger charge is 2.17. The highest BCUT2D eigenvalue weighted by Crippen LogP contribution is 2.31. The van der Waals surface area contributed by atoms with E-state index in [0.29, 0.717) is 21.8 Å². The van der Waals surface area contributed by atoms with Crippen LogP contribution in [0.5, 0.6) is 0 Å². The molecule has 0 heterocycles. The summed E-state index contributed by atoms with van der Waals surface area (Å²) in [5.74, 6) is -0.346. The van der Waals surface area contributed by atoms with Gasteiger partial charge in [-0.25, -0.2) is 0 Å². The Morgan fingerprint density at radius 1 is 1.04 bits per heavy atom. The van der Waals surface area contributed by atoms with Gasteiger partial charge in [-0.2, -0.15) is 0 Å². The lowest BCUT2D eigenvalue weighted by molar-refractivity contribution is -0.384. The zero-order chi connectivity index (χ0) is 18.1. The van der Waals surface area contributed by atoms with Crippen LogP contribution in [-0.4, -0.2) is 10.8 Å². The molecule has 0 unspecified atom stereocenters. The zero-order valence-corrected chi connectivity index (χ0v) is 14.6. The largest absolute Gasteiger partial charge is 0.322 e. The number of fused-ring (bicyclic) bond motifs is 1. The third-order valence-electron chi connectivity index (χ3n) is 3.85. The molecule has 7 heteroatoms. The first-order chi connectivity index (χ1) is 11.9. The fourth-order valence-electron chi connectivity index (χ4n) is 2.60. The van der Waals surface area contributed by atoms with Crippen LogP contribution in [0.2, 0.25) is 10.0 Å². The van der Waals surface area contributed by atoms with Gasteiger partial charge in [0, 0.05) is 27.7 Å².